The highest BCUT2D eigenvalue weighted by Crippen LogP contribution is 2.61. The van der Waals surface area contributed by atoms with Gasteiger partial charge in [-0.2, -0.15) is 0 Å². The lowest BCUT2D eigenvalue weighted by atomic mass is 9.75. The smallest absolute Gasteiger partial charge is 0.250 e. The molecule has 31 heavy (non-hydrogen) atoms. The number of imide groups is 1. The Morgan fingerprint density at radius 2 is 1.87 bits per heavy atom. The van der Waals surface area contributed by atoms with E-state index in [0.29, 0.717) is 29.2 Å². The molecule has 4 aliphatic rings. The first kappa shape index (κ1) is 19.2. The molecule has 0 saturated carbocycles. The quantitative estimate of drug-likeness (QED) is 0.661. The van der Waals surface area contributed by atoms with Gasteiger partial charge < -0.3 is 5.32 Å². The molecule has 0 bridgehead atoms. The molecule has 2 aromatic rings. The number of hydrogen-bond donors (Lipinski definition) is 1. The second kappa shape index (κ2) is 6.28. The molecule has 0 aliphatic carbocycles. The lowest BCUT2D eigenvalue weighted by Gasteiger charge is -2.36. The van der Waals surface area contributed by atoms with Crippen LogP contribution in [-0.2, 0) is 19.9 Å². The highest BCUT2D eigenvalue weighted by Gasteiger charge is 2.74. The van der Waals surface area contributed by atoms with Crippen molar-refractivity contribution in [2.75, 3.05) is 16.8 Å². The molecule has 3 saturated heterocycles. The van der Waals surface area contributed by atoms with Crippen molar-refractivity contribution in [1.29, 1.82) is 0 Å². The van der Waals surface area contributed by atoms with Crippen LogP contribution in [0.3, 0.4) is 0 Å². The van der Waals surface area contributed by atoms with E-state index in [-0.39, 0.29) is 16.8 Å². The molecule has 4 atom stereocenters. The summed E-state index contributed by atoms with van der Waals surface area (Å²) in [6.45, 7) is 0.555. The second-order valence-electron chi connectivity index (χ2n) is 8.42. The van der Waals surface area contributed by atoms with Crippen LogP contribution in [0.5, 0.6) is 0 Å². The SMILES string of the molecule is O=C1[C@@H]2[C@H]3CCCN3[C@@]3(C(=O)Nc4ccc(F)cc43)[C@H]2C(=O)N1c1cc(Cl)ccc1Cl. The molecule has 1 spiro atoms. The topological polar surface area (TPSA) is 69.7 Å². The summed E-state index contributed by atoms with van der Waals surface area (Å²) in [5, 5.41) is 3.36. The Morgan fingerprint density at radius 3 is 2.68 bits per heavy atom. The van der Waals surface area contributed by atoms with Crippen LogP contribution in [0, 0.1) is 17.7 Å². The maximum Gasteiger partial charge on any atom is 0.250 e. The van der Waals surface area contributed by atoms with Gasteiger partial charge in [0.2, 0.25) is 17.7 Å². The molecule has 6 nitrogen and oxygen atoms in total. The molecule has 2 aromatic carbocycles. The first-order valence-electron chi connectivity index (χ1n) is 10.1. The van der Waals surface area contributed by atoms with Gasteiger partial charge in [0, 0.05) is 22.3 Å². The molecule has 4 heterocycles. The number of nitrogens with one attached hydrogen (secondary N) is 1. The van der Waals surface area contributed by atoms with Gasteiger partial charge in [-0.25, -0.2) is 9.29 Å². The van der Waals surface area contributed by atoms with Gasteiger partial charge in [-0.1, -0.05) is 23.2 Å². The molecule has 0 radical (unpaired) electrons. The number of anilines is 2. The number of rotatable bonds is 1. The Hall–Kier alpha value is -2.48. The van der Waals surface area contributed by atoms with Crippen molar-refractivity contribution in [3.05, 3.63) is 57.8 Å². The molecule has 3 fully saturated rings. The lowest BCUT2D eigenvalue weighted by Crippen LogP contribution is -2.54. The number of carbonyl (C=O) groups is 3. The van der Waals surface area contributed by atoms with E-state index >= 15 is 0 Å². The number of hydrogen-bond acceptors (Lipinski definition) is 4. The summed E-state index contributed by atoms with van der Waals surface area (Å²) >= 11 is 12.4. The monoisotopic (exact) mass is 459 g/mol. The summed E-state index contributed by atoms with van der Waals surface area (Å²) in [6, 6.07) is 8.36. The zero-order chi connectivity index (χ0) is 21.7. The molecule has 3 amide bonds. The van der Waals surface area contributed by atoms with Crippen molar-refractivity contribution in [3.8, 4) is 0 Å². The van der Waals surface area contributed by atoms with E-state index in [2.05, 4.69) is 5.32 Å². The van der Waals surface area contributed by atoms with Crippen LogP contribution < -0.4 is 10.2 Å². The molecular formula is C22H16Cl2FN3O3. The fraction of sp³-hybridized carbons (Fsp3) is 0.318. The van der Waals surface area contributed by atoms with Crippen LogP contribution in [0.15, 0.2) is 36.4 Å². The van der Waals surface area contributed by atoms with Gasteiger partial charge in [-0.3, -0.25) is 19.3 Å². The summed E-state index contributed by atoms with van der Waals surface area (Å²) in [4.78, 5) is 43.9. The average Bonchev–Trinajstić information content (AvgIpc) is 3.43. The van der Waals surface area contributed by atoms with E-state index in [9.17, 15) is 18.8 Å². The number of nitrogens with zero attached hydrogens (tertiary/aromatic N) is 2. The highest BCUT2D eigenvalue weighted by atomic mass is 35.5. The Morgan fingerprint density at radius 1 is 1.06 bits per heavy atom. The van der Waals surface area contributed by atoms with Crippen molar-refractivity contribution in [2.24, 2.45) is 11.8 Å². The number of carbonyl (C=O) groups excluding carboxylic acids is 3. The Labute approximate surface area is 186 Å². The average molecular weight is 460 g/mol. The molecule has 6 rings (SSSR count). The molecule has 1 N–H and O–H groups in total. The normalized spacial score (nSPS) is 31.4. The van der Waals surface area contributed by atoms with E-state index in [1.807, 2.05) is 4.90 Å². The first-order chi connectivity index (χ1) is 14.9. The zero-order valence-corrected chi connectivity index (χ0v) is 17.6. The third-order valence-electron chi connectivity index (χ3n) is 7.10. The van der Waals surface area contributed by atoms with E-state index in [1.165, 1.54) is 30.3 Å². The number of amides is 3. The maximum atomic E-state index is 14.3. The summed E-state index contributed by atoms with van der Waals surface area (Å²) < 4.78 is 14.3. The number of benzene rings is 2. The Bertz CT molecular complexity index is 1200. The summed E-state index contributed by atoms with van der Waals surface area (Å²) in [6.07, 6.45) is 1.46. The standard InChI is InChI=1S/C22H16Cl2FN3O3/c23-10-3-5-13(24)16(8-10)28-19(29)17-15-2-1-7-27(15)22(18(17)20(28)30)12-9-11(25)4-6-14(12)26-21(22)31/h3-6,8-9,15,17-18H,1-2,7H2,(H,26,31)/t15-,17-,18-,22-/m1/s1. The number of fused-ring (bicyclic) bond motifs is 7. The van der Waals surface area contributed by atoms with E-state index in [1.54, 1.807) is 6.07 Å². The predicted octanol–water partition coefficient (Wildman–Crippen LogP) is 3.56. The van der Waals surface area contributed by atoms with Crippen LogP contribution >= 0.6 is 23.2 Å². The first-order valence-corrected chi connectivity index (χ1v) is 10.8. The Balaban J connectivity index is 1.58. The minimum Gasteiger partial charge on any atom is -0.324 e. The fourth-order valence-corrected chi connectivity index (χ4v) is 6.44. The van der Waals surface area contributed by atoms with Crippen molar-refractivity contribution in [2.45, 2.75) is 24.4 Å². The molecular weight excluding hydrogens is 444 g/mol. The summed E-state index contributed by atoms with van der Waals surface area (Å²) in [5.41, 5.74) is -0.332. The highest BCUT2D eigenvalue weighted by molar-refractivity contribution is 6.38. The van der Waals surface area contributed by atoms with Crippen molar-refractivity contribution < 1.29 is 18.8 Å². The van der Waals surface area contributed by atoms with Crippen LogP contribution in [0.4, 0.5) is 15.8 Å². The fourth-order valence-electron chi connectivity index (χ4n) is 6.07. The largest absolute Gasteiger partial charge is 0.324 e. The van der Waals surface area contributed by atoms with E-state index in [0.717, 1.165) is 11.3 Å². The summed E-state index contributed by atoms with van der Waals surface area (Å²) in [7, 11) is 0. The minimum atomic E-state index is -1.42. The number of halogens is 3. The lowest BCUT2D eigenvalue weighted by molar-refractivity contribution is -0.135. The van der Waals surface area contributed by atoms with Crippen LogP contribution in [0.2, 0.25) is 10.0 Å². The van der Waals surface area contributed by atoms with Crippen LogP contribution in [0.1, 0.15) is 18.4 Å². The van der Waals surface area contributed by atoms with E-state index in [4.69, 9.17) is 23.2 Å². The predicted molar refractivity (Wildman–Crippen MR) is 112 cm³/mol. The summed E-state index contributed by atoms with van der Waals surface area (Å²) in [5.74, 6) is -3.49. The van der Waals surface area contributed by atoms with Crippen molar-refractivity contribution in [3.63, 3.8) is 0 Å². The van der Waals surface area contributed by atoms with Gasteiger partial charge in [0.15, 0.2) is 0 Å². The van der Waals surface area contributed by atoms with Gasteiger partial charge >= 0.3 is 0 Å². The molecule has 4 aliphatic heterocycles. The van der Waals surface area contributed by atoms with Gasteiger partial charge in [0.1, 0.15) is 11.4 Å². The van der Waals surface area contributed by atoms with Gasteiger partial charge in [0.05, 0.1) is 22.5 Å². The zero-order valence-electron chi connectivity index (χ0n) is 16.1. The van der Waals surface area contributed by atoms with Crippen molar-refractivity contribution >= 4 is 52.3 Å². The van der Waals surface area contributed by atoms with Crippen LogP contribution in [0.25, 0.3) is 0 Å². The van der Waals surface area contributed by atoms with Gasteiger partial charge in [-0.05, 0) is 55.8 Å². The maximum absolute atomic E-state index is 14.3. The van der Waals surface area contributed by atoms with Crippen LogP contribution in [-0.4, -0.2) is 35.2 Å². The Kier molecular flexibility index (Phi) is 3.89. The van der Waals surface area contributed by atoms with Crippen molar-refractivity contribution in [1.82, 2.24) is 4.90 Å². The third-order valence-corrected chi connectivity index (χ3v) is 7.66. The molecule has 158 valence electrons. The second-order valence-corrected chi connectivity index (χ2v) is 9.27. The van der Waals surface area contributed by atoms with E-state index < -0.39 is 40.9 Å². The molecule has 0 aromatic heterocycles. The third kappa shape index (κ3) is 2.24. The van der Waals surface area contributed by atoms with Gasteiger partial charge in [0.25, 0.3) is 0 Å². The minimum absolute atomic E-state index is 0.205. The molecule has 9 heteroatoms. The van der Waals surface area contributed by atoms with Gasteiger partial charge in [-0.15, -0.1) is 0 Å². The molecule has 0 unspecified atom stereocenters.